The van der Waals surface area contributed by atoms with Crippen molar-refractivity contribution in [1.29, 1.82) is 0 Å². The average molecular weight is 282 g/mol. The van der Waals surface area contributed by atoms with Gasteiger partial charge in [0.1, 0.15) is 11.9 Å². The molecule has 110 valence electrons. The number of pyridine rings is 1. The minimum atomic E-state index is 0.0349. The molecule has 1 aromatic heterocycles. The minimum Gasteiger partial charge on any atom is -0.486 e. The van der Waals surface area contributed by atoms with Crippen molar-refractivity contribution < 1.29 is 4.74 Å². The normalized spacial score (nSPS) is 15.7. The fraction of sp³-hybridized carbons (Fsp3) is 0.389. The summed E-state index contributed by atoms with van der Waals surface area (Å²) in [5.41, 5.74) is 3.31. The third-order valence-corrected chi connectivity index (χ3v) is 3.81. The first-order chi connectivity index (χ1) is 10.2. The van der Waals surface area contributed by atoms with Gasteiger partial charge in [0, 0.05) is 36.1 Å². The summed E-state index contributed by atoms with van der Waals surface area (Å²) in [6.45, 7) is 4.91. The third kappa shape index (κ3) is 3.82. The summed E-state index contributed by atoms with van der Waals surface area (Å²) in [7, 11) is 0. The van der Waals surface area contributed by atoms with Gasteiger partial charge in [-0.05, 0) is 32.3 Å². The SMILES string of the molecule is Cc1cc(OC(C)c2ccccc2)c(CNC2CC2)cn1. The molecule has 0 aliphatic heterocycles. The summed E-state index contributed by atoms with van der Waals surface area (Å²) in [4.78, 5) is 4.40. The number of ether oxygens (including phenoxy) is 1. The van der Waals surface area contributed by atoms with Crippen LogP contribution in [-0.2, 0) is 6.54 Å². The zero-order valence-electron chi connectivity index (χ0n) is 12.7. The maximum Gasteiger partial charge on any atom is 0.128 e. The van der Waals surface area contributed by atoms with Crippen molar-refractivity contribution in [2.24, 2.45) is 0 Å². The summed E-state index contributed by atoms with van der Waals surface area (Å²) >= 11 is 0. The number of nitrogens with zero attached hydrogens (tertiary/aromatic N) is 1. The second-order valence-electron chi connectivity index (χ2n) is 5.76. The Labute approximate surface area is 126 Å². The molecule has 1 N–H and O–H groups in total. The second-order valence-corrected chi connectivity index (χ2v) is 5.76. The molecule has 1 unspecified atom stereocenters. The predicted octanol–water partition coefficient (Wildman–Crippen LogP) is 3.78. The van der Waals surface area contributed by atoms with Crippen molar-refractivity contribution in [2.75, 3.05) is 0 Å². The molecular weight excluding hydrogens is 260 g/mol. The molecule has 0 saturated heterocycles. The van der Waals surface area contributed by atoms with Crippen LogP contribution in [0.2, 0.25) is 0 Å². The fourth-order valence-electron chi connectivity index (χ4n) is 2.33. The molecule has 0 radical (unpaired) electrons. The summed E-state index contributed by atoms with van der Waals surface area (Å²) in [5, 5.41) is 3.53. The van der Waals surface area contributed by atoms with E-state index in [4.69, 9.17) is 4.74 Å². The molecule has 3 rings (SSSR count). The van der Waals surface area contributed by atoms with Gasteiger partial charge in [0.05, 0.1) is 0 Å². The van der Waals surface area contributed by atoms with Crippen molar-refractivity contribution in [3.8, 4) is 5.75 Å². The van der Waals surface area contributed by atoms with E-state index < -0.39 is 0 Å². The molecule has 1 heterocycles. The number of nitrogens with one attached hydrogen (secondary N) is 1. The highest BCUT2D eigenvalue weighted by Crippen LogP contribution is 2.27. The molecule has 0 amide bonds. The summed E-state index contributed by atoms with van der Waals surface area (Å²) in [5.74, 6) is 0.937. The lowest BCUT2D eigenvalue weighted by atomic mass is 10.1. The first-order valence-corrected chi connectivity index (χ1v) is 7.63. The average Bonchev–Trinajstić information content (AvgIpc) is 3.31. The largest absolute Gasteiger partial charge is 0.486 e. The topological polar surface area (TPSA) is 34.1 Å². The van der Waals surface area contributed by atoms with Gasteiger partial charge in [-0.2, -0.15) is 0 Å². The molecule has 1 fully saturated rings. The number of aryl methyl sites for hydroxylation is 1. The van der Waals surface area contributed by atoms with Gasteiger partial charge in [0.25, 0.3) is 0 Å². The second kappa shape index (κ2) is 6.27. The van der Waals surface area contributed by atoms with Gasteiger partial charge in [-0.3, -0.25) is 4.98 Å². The smallest absolute Gasteiger partial charge is 0.128 e. The molecule has 1 aromatic carbocycles. The van der Waals surface area contributed by atoms with Crippen molar-refractivity contribution in [3.63, 3.8) is 0 Å². The van der Waals surface area contributed by atoms with Gasteiger partial charge in [0.15, 0.2) is 0 Å². The van der Waals surface area contributed by atoms with Crippen molar-refractivity contribution in [2.45, 2.75) is 45.4 Å². The molecule has 1 saturated carbocycles. The molecule has 1 atom stereocenters. The Bertz CT molecular complexity index is 593. The van der Waals surface area contributed by atoms with Crippen molar-refractivity contribution in [1.82, 2.24) is 10.3 Å². The third-order valence-electron chi connectivity index (χ3n) is 3.81. The number of hydrogen-bond acceptors (Lipinski definition) is 3. The lowest BCUT2D eigenvalue weighted by Gasteiger charge is -2.18. The first kappa shape index (κ1) is 14.1. The number of benzene rings is 1. The summed E-state index contributed by atoms with van der Waals surface area (Å²) in [6.07, 6.45) is 4.54. The van der Waals surface area contributed by atoms with Crippen LogP contribution >= 0.6 is 0 Å². The van der Waals surface area contributed by atoms with Crippen LogP contribution in [0.25, 0.3) is 0 Å². The Hall–Kier alpha value is -1.87. The summed E-state index contributed by atoms with van der Waals surface area (Å²) in [6, 6.07) is 13.0. The fourth-order valence-corrected chi connectivity index (χ4v) is 2.33. The van der Waals surface area contributed by atoms with E-state index in [1.54, 1.807) is 0 Å². The van der Waals surface area contributed by atoms with Crippen LogP contribution in [0.3, 0.4) is 0 Å². The van der Waals surface area contributed by atoms with E-state index in [1.165, 1.54) is 18.4 Å². The van der Waals surface area contributed by atoms with Gasteiger partial charge in [-0.1, -0.05) is 30.3 Å². The van der Waals surface area contributed by atoms with Crippen LogP contribution in [0.5, 0.6) is 5.75 Å². The van der Waals surface area contributed by atoms with E-state index in [0.29, 0.717) is 6.04 Å². The standard InChI is InChI=1S/C18H22N2O/c1-13-10-18(16(11-19-13)12-20-17-8-9-17)21-14(2)15-6-4-3-5-7-15/h3-7,10-11,14,17,20H,8-9,12H2,1-2H3. The van der Waals surface area contributed by atoms with Crippen LogP contribution in [0.15, 0.2) is 42.6 Å². The Morgan fingerprint density at radius 2 is 2.05 bits per heavy atom. The van der Waals surface area contributed by atoms with E-state index in [0.717, 1.165) is 23.6 Å². The first-order valence-electron chi connectivity index (χ1n) is 7.63. The molecule has 2 aromatic rings. The Morgan fingerprint density at radius 1 is 1.29 bits per heavy atom. The quantitative estimate of drug-likeness (QED) is 0.875. The zero-order valence-corrected chi connectivity index (χ0v) is 12.7. The van der Waals surface area contributed by atoms with Crippen LogP contribution in [-0.4, -0.2) is 11.0 Å². The van der Waals surface area contributed by atoms with Gasteiger partial charge in [0.2, 0.25) is 0 Å². The highest BCUT2D eigenvalue weighted by molar-refractivity contribution is 5.34. The van der Waals surface area contributed by atoms with Crippen molar-refractivity contribution >= 4 is 0 Å². The molecule has 0 spiro atoms. The van der Waals surface area contributed by atoms with Crippen LogP contribution in [0.1, 0.15) is 42.7 Å². The van der Waals surface area contributed by atoms with Crippen LogP contribution in [0, 0.1) is 6.92 Å². The van der Waals surface area contributed by atoms with E-state index in [2.05, 4.69) is 29.4 Å². The van der Waals surface area contributed by atoms with Crippen LogP contribution in [0.4, 0.5) is 0 Å². The van der Waals surface area contributed by atoms with Gasteiger partial charge >= 0.3 is 0 Å². The maximum absolute atomic E-state index is 6.19. The Morgan fingerprint density at radius 3 is 2.76 bits per heavy atom. The highest BCUT2D eigenvalue weighted by Gasteiger charge is 2.21. The van der Waals surface area contributed by atoms with E-state index in [-0.39, 0.29) is 6.10 Å². The van der Waals surface area contributed by atoms with Gasteiger partial charge in [-0.15, -0.1) is 0 Å². The van der Waals surface area contributed by atoms with E-state index in [9.17, 15) is 0 Å². The molecule has 21 heavy (non-hydrogen) atoms. The van der Waals surface area contributed by atoms with Gasteiger partial charge < -0.3 is 10.1 Å². The van der Waals surface area contributed by atoms with Crippen molar-refractivity contribution in [3.05, 3.63) is 59.4 Å². The molecule has 1 aliphatic carbocycles. The van der Waals surface area contributed by atoms with Gasteiger partial charge in [-0.25, -0.2) is 0 Å². The molecule has 1 aliphatic rings. The van der Waals surface area contributed by atoms with Crippen LogP contribution < -0.4 is 10.1 Å². The Balaban J connectivity index is 1.74. The van der Waals surface area contributed by atoms with E-state index in [1.807, 2.05) is 37.4 Å². The predicted molar refractivity (Wildman–Crippen MR) is 84.3 cm³/mol. The number of aromatic nitrogens is 1. The minimum absolute atomic E-state index is 0.0349. The zero-order chi connectivity index (χ0) is 14.7. The van der Waals surface area contributed by atoms with E-state index >= 15 is 0 Å². The number of hydrogen-bond donors (Lipinski definition) is 1. The highest BCUT2D eigenvalue weighted by atomic mass is 16.5. The summed E-state index contributed by atoms with van der Waals surface area (Å²) < 4.78 is 6.19. The lowest BCUT2D eigenvalue weighted by Crippen LogP contribution is -2.17. The molecule has 3 heteroatoms. The lowest BCUT2D eigenvalue weighted by molar-refractivity contribution is 0.223. The molecule has 3 nitrogen and oxygen atoms in total. The number of rotatable bonds is 6. The Kier molecular flexibility index (Phi) is 4.20. The molecule has 0 bridgehead atoms. The monoisotopic (exact) mass is 282 g/mol. The maximum atomic E-state index is 6.19. The molecular formula is C18H22N2O.